The Labute approximate surface area is 106 Å². The van der Waals surface area contributed by atoms with Gasteiger partial charge in [0.25, 0.3) is 0 Å². The largest absolute Gasteiger partial charge is 0.497 e. The van der Waals surface area contributed by atoms with Crippen LogP contribution in [0.3, 0.4) is 0 Å². The lowest BCUT2D eigenvalue weighted by Crippen LogP contribution is -1.87. The first-order chi connectivity index (χ1) is 8.86. The Hall–Kier alpha value is -2.35. The van der Waals surface area contributed by atoms with Crippen LogP contribution < -0.4 is 4.74 Å². The van der Waals surface area contributed by atoms with Crippen molar-refractivity contribution in [1.82, 2.24) is 4.98 Å². The van der Waals surface area contributed by atoms with E-state index in [4.69, 9.17) is 4.74 Å². The average Bonchev–Trinajstić information content (AvgIpc) is 2.47. The molecule has 0 bridgehead atoms. The van der Waals surface area contributed by atoms with Gasteiger partial charge in [0.05, 0.1) is 18.3 Å². The smallest absolute Gasteiger partial charge is 0.119 e. The average molecular weight is 234 g/mol. The number of hydrogen-bond donors (Lipinski definition) is 0. The zero-order chi connectivity index (χ0) is 12.4. The second kappa shape index (κ2) is 4.49. The van der Waals surface area contributed by atoms with E-state index in [1.807, 2.05) is 48.5 Å². The Balaban J connectivity index is 2.12. The normalized spacial score (nSPS) is 10.5. The van der Waals surface area contributed by atoms with Crippen molar-refractivity contribution in [3.8, 4) is 17.0 Å². The molecule has 0 amide bonds. The highest BCUT2D eigenvalue weighted by molar-refractivity contribution is 5.82. The van der Waals surface area contributed by atoms with Crippen LogP contribution in [0.5, 0.6) is 5.75 Å². The molecule has 2 aromatic carbocycles. The molecule has 0 saturated carbocycles. The van der Waals surface area contributed by atoms with Crippen LogP contribution >= 0.6 is 0 Å². The van der Waals surface area contributed by atoms with Gasteiger partial charge in [0, 0.05) is 10.9 Å². The maximum atomic E-state index is 5.20. The fourth-order valence-electron chi connectivity index (χ4n) is 1.94. The fraction of sp³-hybridized carbons (Fsp3) is 0.0625. The summed E-state index contributed by atoms with van der Waals surface area (Å²) in [4.78, 5) is 4.65. The molecule has 0 aliphatic rings. The maximum Gasteiger partial charge on any atom is 0.119 e. The van der Waals surface area contributed by atoms with E-state index in [-0.39, 0.29) is 0 Å². The second-order valence-electron chi connectivity index (χ2n) is 4.05. The van der Waals surface area contributed by atoms with Crippen molar-refractivity contribution in [3.05, 3.63) is 60.7 Å². The Kier molecular flexibility index (Phi) is 2.69. The summed E-state index contributed by atoms with van der Waals surface area (Å²) in [7, 11) is 1.67. The van der Waals surface area contributed by atoms with Crippen LogP contribution in [0, 0.1) is 6.07 Å². The molecular formula is C16H12NO. The summed E-state index contributed by atoms with van der Waals surface area (Å²) in [6.07, 6.45) is 0. The first-order valence-electron chi connectivity index (χ1n) is 5.78. The van der Waals surface area contributed by atoms with Crippen LogP contribution in [0.15, 0.2) is 54.6 Å². The van der Waals surface area contributed by atoms with Crippen molar-refractivity contribution < 1.29 is 4.74 Å². The van der Waals surface area contributed by atoms with E-state index in [2.05, 4.69) is 17.1 Å². The molecule has 2 nitrogen and oxygen atoms in total. The first-order valence-corrected chi connectivity index (χ1v) is 5.78. The summed E-state index contributed by atoms with van der Waals surface area (Å²) in [5, 5.41) is 1.08. The molecule has 0 atom stereocenters. The van der Waals surface area contributed by atoms with Crippen LogP contribution in [0.1, 0.15) is 0 Å². The summed E-state index contributed by atoms with van der Waals surface area (Å²) in [6, 6.07) is 20.9. The third-order valence-corrected chi connectivity index (χ3v) is 2.90. The molecule has 0 saturated heterocycles. The lowest BCUT2D eigenvalue weighted by molar-refractivity contribution is 0.415. The molecule has 0 aliphatic carbocycles. The summed E-state index contributed by atoms with van der Waals surface area (Å²) in [6.45, 7) is 0. The predicted octanol–water partition coefficient (Wildman–Crippen LogP) is 3.71. The number of methoxy groups -OCH3 is 1. The maximum absolute atomic E-state index is 5.20. The fourth-order valence-corrected chi connectivity index (χ4v) is 1.94. The number of nitrogens with zero attached hydrogens (tertiary/aromatic N) is 1. The number of rotatable bonds is 2. The van der Waals surface area contributed by atoms with Crippen molar-refractivity contribution >= 4 is 10.9 Å². The van der Waals surface area contributed by atoms with Crippen LogP contribution in [-0.4, -0.2) is 12.1 Å². The van der Waals surface area contributed by atoms with E-state index >= 15 is 0 Å². The van der Waals surface area contributed by atoms with Gasteiger partial charge in [-0.3, -0.25) is 0 Å². The molecule has 3 aromatic rings. The zero-order valence-corrected chi connectivity index (χ0v) is 10.1. The van der Waals surface area contributed by atoms with Crippen LogP contribution in [0.2, 0.25) is 0 Å². The highest BCUT2D eigenvalue weighted by Gasteiger charge is 2.02. The number of fused-ring (bicyclic) bond motifs is 1. The van der Waals surface area contributed by atoms with Crippen LogP contribution in [-0.2, 0) is 0 Å². The number of hydrogen-bond acceptors (Lipinski definition) is 2. The topological polar surface area (TPSA) is 22.1 Å². The van der Waals surface area contributed by atoms with Gasteiger partial charge in [-0.05, 0) is 36.4 Å². The van der Waals surface area contributed by atoms with Gasteiger partial charge in [0.2, 0.25) is 0 Å². The summed E-state index contributed by atoms with van der Waals surface area (Å²) >= 11 is 0. The Morgan fingerprint density at radius 3 is 2.83 bits per heavy atom. The van der Waals surface area contributed by atoms with Crippen LogP contribution in [0.4, 0.5) is 0 Å². The molecule has 1 radical (unpaired) electrons. The Bertz CT molecular complexity index is 677. The summed E-state index contributed by atoms with van der Waals surface area (Å²) < 4.78 is 5.20. The van der Waals surface area contributed by atoms with Gasteiger partial charge in [0.15, 0.2) is 0 Å². The molecule has 0 aliphatic heterocycles. The summed E-state index contributed by atoms with van der Waals surface area (Å²) in [5.41, 5.74) is 3.01. The summed E-state index contributed by atoms with van der Waals surface area (Å²) in [5.74, 6) is 0.852. The first kappa shape index (κ1) is 10.8. The van der Waals surface area contributed by atoms with Gasteiger partial charge in [-0.15, -0.1) is 0 Å². The third-order valence-electron chi connectivity index (χ3n) is 2.90. The standard InChI is InChI=1S/C16H12NO/c1-18-14-8-10-16-13(11-14)7-9-15(17-16)12-5-3-2-4-6-12/h2-3,5-11H,1H3. The van der Waals surface area contributed by atoms with E-state index in [0.29, 0.717) is 0 Å². The van der Waals surface area contributed by atoms with Crippen molar-refractivity contribution in [2.75, 3.05) is 7.11 Å². The van der Waals surface area contributed by atoms with E-state index in [1.54, 1.807) is 7.11 Å². The molecule has 0 spiro atoms. The molecule has 87 valence electrons. The van der Waals surface area contributed by atoms with Crippen molar-refractivity contribution in [3.63, 3.8) is 0 Å². The Morgan fingerprint density at radius 2 is 2.06 bits per heavy atom. The molecule has 0 fully saturated rings. The minimum absolute atomic E-state index is 0.852. The Morgan fingerprint density at radius 1 is 1.11 bits per heavy atom. The number of pyridine rings is 1. The quantitative estimate of drug-likeness (QED) is 0.674. The van der Waals surface area contributed by atoms with E-state index in [9.17, 15) is 0 Å². The van der Waals surface area contributed by atoms with Gasteiger partial charge >= 0.3 is 0 Å². The van der Waals surface area contributed by atoms with Crippen molar-refractivity contribution in [1.29, 1.82) is 0 Å². The lowest BCUT2D eigenvalue weighted by atomic mass is 10.1. The molecule has 0 unspecified atom stereocenters. The molecular weight excluding hydrogens is 222 g/mol. The van der Waals surface area contributed by atoms with Gasteiger partial charge in [-0.25, -0.2) is 4.98 Å². The number of benzene rings is 2. The predicted molar refractivity (Wildman–Crippen MR) is 72.6 cm³/mol. The van der Waals surface area contributed by atoms with Gasteiger partial charge < -0.3 is 4.74 Å². The number of ether oxygens (including phenoxy) is 1. The van der Waals surface area contributed by atoms with Crippen molar-refractivity contribution in [2.24, 2.45) is 0 Å². The van der Waals surface area contributed by atoms with Gasteiger partial charge in [-0.1, -0.05) is 24.3 Å². The lowest BCUT2D eigenvalue weighted by Gasteiger charge is -2.05. The van der Waals surface area contributed by atoms with Gasteiger partial charge in [-0.2, -0.15) is 0 Å². The second-order valence-corrected chi connectivity index (χ2v) is 4.05. The van der Waals surface area contributed by atoms with Crippen LogP contribution in [0.25, 0.3) is 22.2 Å². The minimum Gasteiger partial charge on any atom is -0.497 e. The van der Waals surface area contributed by atoms with E-state index < -0.39 is 0 Å². The molecule has 18 heavy (non-hydrogen) atoms. The van der Waals surface area contributed by atoms with Crippen molar-refractivity contribution in [2.45, 2.75) is 0 Å². The number of aromatic nitrogens is 1. The minimum atomic E-state index is 0.852. The van der Waals surface area contributed by atoms with E-state index in [0.717, 1.165) is 27.9 Å². The molecule has 1 aromatic heterocycles. The van der Waals surface area contributed by atoms with E-state index in [1.165, 1.54) is 0 Å². The highest BCUT2D eigenvalue weighted by atomic mass is 16.5. The molecule has 2 heteroatoms. The molecule has 3 rings (SSSR count). The zero-order valence-electron chi connectivity index (χ0n) is 10.1. The highest BCUT2D eigenvalue weighted by Crippen LogP contribution is 2.23. The molecule has 0 N–H and O–H groups in total. The third kappa shape index (κ3) is 1.93. The van der Waals surface area contributed by atoms with Gasteiger partial charge in [0.1, 0.15) is 5.75 Å². The monoisotopic (exact) mass is 234 g/mol. The SMILES string of the molecule is COc1ccc2nc(-c3c[c]ccc3)ccc2c1. The molecule has 1 heterocycles.